The molecule has 1 aromatic carbocycles. The number of nitrogens with one attached hydrogen (secondary N) is 1. The molecule has 0 unspecified atom stereocenters. The highest BCUT2D eigenvalue weighted by atomic mass is 32.2. The fourth-order valence-corrected chi connectivity index (χ4v) is 5.76. The third kappa shape index (κ3) is 4.91. The smallest absolute Gasteiger partial charge is 0.264 e. The van der Waals surface area contributed by atoms with E-state index in [1.54, 1.807) is 30.1 Å². The summed E-state index contributed by atoms with van der Waals surface area (Å²) in [6.07, 6.45) is 1.96. The SMILES string of the molecule is CCN(CC)c1nc2sc(C(=O)N(C)CC(=O)Nc3ccccc3SC)cc2s1. The monoisotopic (exact) mass is 448 g/mol. The number of hydrogen-bond acceptors (Lipinski definition) is 7. The number of rotatable bonds is 8. The number of carbonyl (C=O) groups excluding carboxylic acids is 2. The Balaban J connectivity index is 1.66. The minimum Gasteiger partial charge on any atom is -0.349 e. The number of para-hydroxylation sites is 1. The maximum absolute atomic E-state index is 12.8. The van der Waals surface area contributed by atoms with Crippen LogP contribution < -0.4 is 10.2 Å². The Morgan fingerprint density at radius 1 is 1.17 bits per heavy atom. The Bertz CT molecular complexity index is 979. The molecule has 0 spiro atoms. The van der Waals surface area contributed by atoms with Gasteiger partial charge in [-0.1, -0.05) is 23.5 Å². The van der Waals surface area contributed by atoms with Crippen molar-refractivity contribution in [3.05, 3.63) is 35.2 Å². The Morgan fingerprint density at radius 3 is 2.55 bits per heavy atom. The molecule has 0 aliphatic heterocycles. The Kier molecular flexibility index (Phi) is 7.15. The van der Waals surface area contributed by atoms with E-state index in [1.807, 2.05) is 36.6 Å². The van der Waals surface area contributed by atoms with Crippen LogP contribution >= 0.6 is 34.4 Å². The van der Waals surface area contributed by atoms with E-state index in [0.717, 1.165) is 38.3 Å². The van der Waals surface area contributed by atoms with Crippen LogP contribution in [0.4, 0.5) is 10.8 Å². The molecule has 2 aromatic heterocycles. The van der Waals surface area contributed by atoms with Crippen LogP contribution in [-0.4, -0.2) is 54.6 Å². The van der Waals surface area contributed by atoms with Gasteiger partial charge in [0, 0.05) is 25.0 Å². The number of benzene rings is 1. The summed E-state index contributed by atoms with van der Waals surface area (Å²) in [5.41, 5.74) is 0.760. The van der Waals surface area contributed by atoms with Crippen LogP contribution in [0.15, 0.2) is 35.2 Å². The third-order valence-electron chi connectivity index (χ3n) is 4.43. The van der Waals surface area contributed by atoms with Gasteiger partial charge in [-0.05, 0) is 38.3 Å². The fourth-order valence-electron chi connectivity index (χ4n) is 2.87. The maximum Gasteiger partial charge on any atom is 0.264 e. The van der Waals surface area contributed by atoms with E-state index in [2.05, 4.69) is 29.0 Å². The second kappa shape index (κ2) is 9.60. The quantitative estimate of drug-likeness (QED) is 0.509. The number of nitrogens with zero attached hydrogens (tertiary/aromatic N) is 3. The van der Waals surface area contributed by atoms with Crippen LogP contribution in [0, 0.1) is 0 Å². The molecule has 0 fully saturated rings. The molecular weight excluding hydrogens is 424 g/mol. The van der Waals surface area contributed by atoms with Crippen molar-refractivity contribution in [1.82, 2.24) is 9.88 Å². The first-order valence-corrected chi connectivity index (χ1v) is 12.2. The second-order valence-corrected chi connectivity index (χ2v) is 9.25. The van der Waals surface area contributed by atoms with Gasteiger partial charge >= 0.3 is 0 Å². The molecule has 2 heterocycles. The largest absolute Gasteiger partial charge is 0.349 e. The van der Waals surface area contributed by atoms with Crippen molar-refractivity contribution in [2.75, 3.05) is 43.2 Å². The molecule has 1 N–H and O–H groups in total. The van der Waals surface area contributed by atoms with Crippen molar-refractivity contribution in [2.45, 2.75) is 18.7 Å². The zero-order chi connectivity index (χ0) is 21.0. The molecule has 2 amide bonds. The number of likely N-dealkylation sites (N-methyl/N-ethyl adjacent to an activating group) is 1. The molecule has 0 atom stereocenters. The summed E-state index contributed by atoms with van der Waals surface area (Å²) in [5, 5.41) is 3.87. The van der Waals surface area contributed by atoms with E-state index < -0.39 is 0 Å². The standard InChI is InChI=1S/C20H24N4O2S3/c1-5-24(6-2)20-22-18-15(29-20)11-16(28-18)19(26)23(3)12-17(25)21-13-9-7-8-10-14(13)27-4/h7-11H,5-6,12H2,1-4H3,(H,21,25). The number of carbonyl (C=O) groups is 2. The lowest BCUT2D eigenvalue weighted by Gasteiger charge is -2.17. The summed E-state index contributed by atoms with van der Waals surface area (Å²) in [5.74, 6) is -0.388. The van der Waals surface area contributed by atoms with E-state index in [1.165, 1.54) is 16.2 Å². The zero-order valence-electron chi connectivity index (χ0n) is 16.9. The number of thiophene rings is 1. The Hall–Kier alpha value is -2.10. The first kappa shape index (κ1) is 21.6. The van der Waals surface area contributed by atoms with Gasteiger partial charge < -0.3 is 15.1 Å². The van der Waals surface area contributed by atoms with Gasteiger partial charge in [-0.3, -0.25) is 9.59 Å². The van der Waals surface area contributed by atoms with Crippen LogP contribution in [0.2, 0.25) is 0 Å². The van der Waals surface area contributed by atoms with Crippen LogP contribution in [0.5, 0.6) is 0 Å². The molecule has 0 aliphatic rings. The molecule has 0 saturated carbocycles. The number of aromatic nitrogens is 1. The molecule has 154 valence electrons. The topological polar surface area (TPSA) is 65.5 Å². The highest BCUT2D eigenvalue weighted by Crippen LogP contribution is 2.35. The van der Waals surface area contributed by atoms with Crippen molar-refractivity contribution >= 4 is 66.6 Å². The lowest BCUT2D eigenvalue weighted by Crippen LogP contribution is -2.34. The van der Waals surface area contributed by atoms with Gasteiger partial charge in [0.05, 0.1) is 21.8 Å². The summed E-state index contributed by atoms with van der Waals surface area (Å²) in [6, 6.07) is 9.50. The van der Waals surface area contributed by atoms with E-state index in [-0.39, 0.29) is 18.4 Å². The van der Waals surface area contributed by atoms with Crippen LogP contribution in [0.25, 0.3) is 9.53 Å². The molecule has 0 saturated heterocycles. The van der Waals surface area contributed by atoms with Crippen molar-refractivity contribution in [2.24, 2.45) is 0 Å². The molecule has 29 heavy (non-hydrogen) atoms. The van der Waals surface area contributed by atoms with Crippen molar-refractivity contribution < 1.29 is 9.59 Å². The Labute approximate surface area is 182 Å². The summed E-state index contributed by atoms with van der Waals surface area (Å²) in [4.78, 5) is 35.9. The highest BCUT2D eigenvalue weighted by Gasteiger charge is 2.20. The fraction of sp³-hybridized carbons (Fsp3) is 0.350. The Morgan fingerprint density at radius 2 is 1.90 bits per heavy atom. The van der Waals surface area contributed by atoms with Crippen molar-refractivity contribution in [1.29, 1.82) is 0 Å². The second-order valence-electron chi connectivity index (χ2n) is 6.36. The van der Waals surface area contributed by atoms with Gasteiger partial charge in [0.2, 0.25) is 5.91 Å². The minimum absolute atomic E-state index is 0.00871. The van der Waals surface area contributed by atoms with Gasteiger partial charge in [0.1, 0.15) is 4.83 Å². The van der Waals surface area contributed by atoms with Crippen LogP contribution in [0.1, 0.15) is 23.5 Å². The molecule has 3 rings (SSSR count). The van der Waals surface area contributed by atoms with Gasteiger partial charge in [0.25, 0.3) is 5.91 Å². The first-order valence-electron chi connectivity index (χ1n) is 9.30. The predicted octanol–water partition coefficient (Wildman–Crippen LogP) is 4.64. The van der Waals surface area contributed by atoms with Crippen molar-refractivity contribution in [3.8, 4) is 0 Å². The number of amides is 2. The molecule has 9 heteroatoms. The minimum atomic E-state index is -0.220. The molecule has 0 radical (unpaired) electrons. The van der Waals surface area contributed by atoms with E-state index in [4.69, 9.17) is 0 Å². The van der Waals surface area contributed by atoms with Crippen molar-refractivity contribution in [3.63, 3.8) is 0 Å². The summed E-state index contributed by atoms with van der Waals surface area (Å²) < 4.78 is 1.01. The van der Waals surface area contributed by atoms with Crippen LogP contribution in [0.3, 0.4) is 0 Å². The molecule has 3 aromatic rings. The van der Waals surface area contributed by atoms with Gasteiger partial charge in [-0.2, -0.15) is 0 Å². The average molecular weight is 449 g/mol. The maximum atomic E-state index is 12.8. The highest BCUT2D eigenvalue weighted by molar-refractivity contribution is 7.98. The van der Waals surface area contributed by atoms with Gasteiger partial charge in [-0.15, -0.1) is 23.1 Å². The summed E-state index contributed by atoms with van der Waals surface area (Å²) in [6.45, 7) is 6.00. The zero-order valence-corrected chi connectivity index (χ0v) is 19.3. The van der Waals surface area contributed by atoms with E-state index >= 15 is 0 Å². The van der Waals surface area contributed by atoms with E-state index in [9.17, 15) is 9.59 Å². The first-order chi connectivity index (χ1) is 14.0. The number of hydrogen-bond donors (Lipinski definition) is 1. The van der Waals surface area contributed by atoms with Crippen LogP contribution in [-0.2, 0) is 4.79 Å². The number of thiazole rings is 1. The molecule has 0 aliphatic carbocycles. The molecular formula is C20H24N4O2S3. The molecule has 0 bridgehead atoms. The normalized spacial score (nSPS) is 10.9. The molecule has 6 nitrogen and oxygen atoms in total. The lowest BCUT2D eigenvalue weighted by atomic mass is 10.3. The van der Waals surface area contributed by atoms with E-state index in [0.29, 0.717) is 4.88 Å². The average Bonchev–Trinajstić information content (AvgIpc) is 3.28. The number of thioether (sulfide) groups is 1. The summed E-state index contributed by atoms with van der Waals surface area (Å²) in [7, 11) is 1.64. The third-order valence-corrected chi connectivity index (χ3v) is 7.44. The van der Waals surface area contributed by atoms with Gasteiger partial charge in [-0.25, -0.2) is 4.98 Å². The summed E-state index contributed by atoms with van der Waals surface area (Å²) >= 11 is 4.54. The lowest BCUT2D eigenvalue weighted by molar-refractivity contribution is -0.116. The van der Waals surface area contributed by atoms with Gasteiger partial charge in [0.15, 0.2) is 5.13 Å². The predicted molar refractivity (Wildman–Crippen MR) is 125 cm³/mol. The number of fused-ring (bicyclic) bond motifs is 1. The number of anilines is 2.